The van der Waals surface area contributed by atoms with E-state index < -0.39 is 0 Å². The largest absolute Gasteiger partial charge is 0.367 e. The van der Waals surface area contributed by atoms with E-state index in [0.29, 0.717) is 16.6 Å². The van der Waals surface area contributed by atoms with Crippen LogP contribution in [0.5, 0.6) is 0 Å². The summed E-state index contributed by atoms with van der Waals surface area (Å²) in [4.78, 5) is 2.40. The Morgan fingerprint density at radius 1 is 1.47 bits per heavy atom. The third kappa shape index (κ3) is 2.92. The summed E-state index contributed by atoms with van der Waals surface area (Å²) in [6, 6.07) is 8.37. The zero-order valence-corrected chi connectivity index (χ0v) is 10.9. The fraction of sp³-hybridized carbons (Fsp3) is 0.500. The molecule has 17 heavy (non-hydrogen) atoms. The molecule has 0 atom stereocenters. The second-order valence-corrected chi connectivity index (χ2v) is 4.96. The predicted octanol–water partition coefficient (Wildman–Crippen LogP) is 3.98. The second kappa shape index (κ2) is 5.42. The van der Waals surface area contributed by atoms with Crippen LogP contribution in [0, 0.1) is 11.3 Å². The third-order valence-electron chi connectivity index (χ3n) is 3.13. The van der Waals surface area contributed by atoms with Crippen molar-refractivity contribution in [2.75, 3.05) is 11.4 Å². The van der Waals surface area contributed by atoms with E-state index in [2.05, 4.69) is 17.9 Å². The number of nitrogens with zero attached hydrogens (tertiary/aromatic N) is 2. The number of benzene rings is 1. The average Bonchev–Trinajstić information content (AvgIpc) is 3.15. The number of hydrogen-bond donors (Lipinski definition) is 0. The zero-order chi connectivity index (χ0) is 12.3. The van der Waals surface area contributed by atoms with E-state index in [1.54, 1.807) is 6.07 Å². The molecule has 2 rings (SSSR count). The first-order valence-corrected chi connectivity index (χ1v) is 6.60. The van der Waals surface area contributed by atoms with Crippen molar-refractivity contribution < 1.29 is 0 Å². The van der Waals surface area contributed by atoms with Crippen LogP contribution in [-0.2, 0) is 0 Å². The minimum atomic E-state index is 0.630. The molecule has 1 aliphatic carbocycles. The van der Waals surface area contributed by atoms with Gasteiger partial charge in [0, 0.05) is 12.6 Å². The summed E-state index contributed by atoms with van der Waals surface area (Å²) in [5.74, 6) is 0. The molecule has 0 amide bonds. The van der Waals surface area contributed by atoms with E-state index in [1.807, 2.05) is 12.1 Å². The van der Waals surface area contributed by atoms with Crippen molar-refractivity contribution in [3.05, 3.63) is 28.8 Å². The third-order valence-corrected chi connectivity index (χ3v) is 3.43. The fourth-order valence-electron chi connectivity index (χ4n) is 2.02. The van der Waals surface area contributed by atoms with Gasteiger partial charge in [-0.15, -0.1) is 0 Å². The van der Waals surface area contributed by atoms with Crippen LogP contribution in [0.1, 0.15) is 38.2 Å². The van der Waals surface area contributed by atoms with Crippen LogP contribution in [0.2, 0.25) is 5.02 Å². The van der Waals surface area contributed by atoms with E-state index in [1.165, 1.54) is 25.7 Å². The number of anilines is 1. The highest BCUT2D eigenvalue weighted by atomic mass is 35.5. The standard InChI is InChI=1S/C14H17ClN2/c1-2-3-8-17(12-5-6-12)14-7-4-11(10-16)9-13(14)15/h4,7,9,12H,2-3,5-6,8H2,1H3. The molecule has 0 spiro atoms. The molecule has 0 radical (unpaired) electrons. The number of halogens is 1. The minimum Gasteiger partial charge on any atom is -0.367 e. The summed E-state index contributed by atoms with van der Waals surface area (Å²) in [7, 11) is 0. The molecule has 2 nitrogen and oxygen atoms in total. The molecule has 0 bridgehead atoms. The van der Waals surface area contributed by atoms with Crippen molar-refractivity contribution in [1.29, 1.82) is 5.26 Å². The molecule has 1 saturated carbocycles. The van der Waals surface area contributed by atoms with E-state index >= 15 is 0 Å². The molecule has 0 aromatic heterocycles. The maximum absolute atomic E-state index is 8.83. The van der Waals surface area contributed by atoms with Gasteiger partial charge in [0.2, 0.25) is 0 Å². The second-order valence-electron chi connectivity index (χ2n) is 4.56. The van der Waals surface area contributed by atoms with Crippen LogP contribution in [0.3, 0.4) is 0 Å². The molecule has 1 fully saturated rings. The van der Waals surface area contributed by atoms with Gasteiger partial charge in [-0.3, -0.25) is 0 Å². The van der Waals surface area contributed by atoms with Crippen LogP contribution < -0.4 is 4.90 Å². The summed E-state index contributed by atoms with van der Waals surface area (Å²) in [6.07, 6.45) is 4.91. The molecule has 1 aromatic rings. The lowest BCUT2D eigenvalue weighted by molar-refractivity contribution is 0.713. The average molecular weight is 249 g/mol. The highest BCUT2D eigenvalue weighted by Gasteiger charge is 2.29. The Balaban J connectivity index is 2.20. The quantitative estimate of drug-likeness (QED) is 0.788. The van der Waals surface area contributed by atoms with Crippen LogP contribution in [0.25, 0.3) is 0 Å². The first-order valence-electron chi connectivity index (χ1n) is 6.22. The Labute approximate surface area is 108 Å². The summed E-state index contributed by atoms with van der Waals surface area (Å²) in [6.45, 7) is 3.26. The van der Waals surface area contributed by atoms with E-state index in [-0.39, 0.29) is 0 Å². The lowest BCUT2D eigenvalue weighted by Crippen LogP contribution is -2.27. The van der Waals surface area contributed by atoms with Crippen molar-refractivity contribution in [2.24, 2.45) is 0 Å². The summed E-state index contributed by atoms with van der Waals surface area (Å²) < 4.78 is 0. The SMILES string of the molecule is CCCCN(c1ccc(C#N)cc1Cl)C1CC1. The smallest absolute Gasteiger partial charge is 0.0992 e. The van der Waals surface area contributed by atoms with Gasteiger partial charge in [-0.2, -0.15) is 5.26 Å². The summed E-state index contributed by atoms with van der Waals surface area (Å²) in [5, 5.41) is 9.53. The highest BCUT2D eigenvalue weighted by Crippen LogP contribution is 2.36. The van der Waals surface area contributed by atoms with Crippen molar-refractivity contribution in [2.45, 2.75) is 38.6 Å². The molecule has 0 N–H and O–H groups in total. The van der Waals surface area contributed by atoms with Crippen LogP contribution >= 0.6 is 11.6 Å². The van der Waals surface area contributed by atoms with E-state index in [9.17, 15) is 0 Å². The Morgan fingerprint density at radius 3 is 2.76 bits per heavy atom. The molecule has 0 saturated heterocycles. The van der Waals surface area contributed by atoms with Gasteiger partial charge in [0.15, 0.2) is 0 Å². The first-order chi connectivity index (χ1) is 8.26. The minimum absolute atomic E-state index is 0.630. The molecule has 90 valence electrons. The monoisotopic (exact) mass is 248 g/mol. The Bertz CT molecular complexity index is 432. The van der Waals surface area contributed by atoms with Gasteiger partial charge in [0.25, 0.3) is 0 Å². The normalized spacial score (nSPS) is 14.4. The number of hydrogen-bond acceptors (Lipinski definition) is 2. The van der Waals surface area contributed by atoms with Crippen molar-refractivity contribution >= 4 is 17.3 Å². The molecular formula is C14H17ClN2. The number of rotatable bonds is 5. The molecule has 0 aliphatic heterocycles. The van der Waals surface area contributed by atoms with Gasteiger partial charge in [-0.25, -0.2) is 0 Å². The molecule has 0 heterocycles. The Kier molecular flexibility index (Phi) is 3.91. The molecule has 1 aromatic carbocycles. The fourth-order valence-corrected chi connectivity index (χ4v) is 2.31. The van der Waals surface area contributed by atoms with Crippen molar-refractivity contribution in [3.63, 3.8) is 0 Å². The van der Waals surface area contributed by atoms with Gasteiger partial charge < -0.3 is 4.90 Å². The van der Waals surface area contributed by atoms with Gasteiger partial charge in [-0.05, 0) is 37.5 Å². The number of unbranched alkanes of at least 4 members (excludes halogenated alkanes) is 1. The predicted molar refractivity (Wildman–Crippen MR) is 71.4 cm³/mol. The molecular weight excluding hydrogens is 232 g/mol. The van der Waals surface area contributed by atoms with Gasteiger partial charge in [0.1, 0.15) is 0 Å². The first kappa shape index (κ1) is 12.3. The molecule has 3 heteroatoms. The van der Waals surface area contributed by atoms with Crippen LogP contribution in [-0.4, -0.2) is 12.6 Å². The maximum Gasteiger partial charge on any atom is 0.0992 e. The summed E-state index contributed by atoms with van der Waals surface area (Å²) in [5.41, 5.74) is 1.71. The van der Waals surface area contributed by atoms with Gasteiger partial charge in [0.05, 0.1) is 22.3 Å². The van der Waals surface area contributed by atoms with Gasteiger partial charge in [-0.1, -0.05) is 24.9 Å². The maximum atomic E-state index is 8.83. The summed E-state index contributed by atoms with van der Waals surface area (Å²) >= 11 is 6.26. The van der Waals surface area contributed by atoms with Crippen molar-refractivity contribution in [1.82, 2.24) is 0 Å². The van der Waals surface area contributed by atoms with Gasteiger partial charge >= 0.3 is 0 Å². The Hall–Kier alpha value is -1.20. The molecule has 0 unspecified atom stereocenters. The van der Waals surface area contributed by atoms with Crippen LogP contribution in [0.15, 0.2) is 18.2 Å². The number of nitriles is 1. The molecule has 1 aliphatic rings. The van der Waals surface area contributed by atoms with Crippen LogP contribution in [0.4, 0.5) is 5.69 Å². The highest BCUT2D eigenvalue weighted by molar-refractivity contribution is 6.33. The topological polar surface area (TPSA) is 27.0 Å². The van der Waals surface area contributed by atoms with Crippen molar-refractivity contribution in [3.8, 4) is 6.07 Å². The van der Waals surface area contributed by atoms with E-state index in [4.69, 9.17) is 16.9 Å². The van der Waals surface area contributed by atoms with E-state index in [0.717, 1.165) is 12.2 Å². The Morgan fingerprint density at radius 2 is 2.24 bits per heavy atom. The lowest BCUT2D eigenvalue weighted by Gasteiger charge is -2.25. The lowest BCUT2D eigenvalue weighted by atomic mass is 10.2. The zero-order valence-electron chi connectivity index (χ0n) is 10.1.